The number of rotatable bonds is 4. The fourth-order valence-corrected chi connectivity index (χ4v) is 3.34. The van der Waals surface area contributed by atoms with Gasteiger partial charge in [-0.2, -0.15) is 0 Å². The van der Waals surface area contributed by atoms with Crippen LogP contribution in [0.3, 0.4) is 0 Å². The highest BCUT2D eigenvalue weighted by Gasteiger charge is 2.31. The Kier molecular flexibility index (Phi) is 4.41. The van der Waals surface area contributed by atoms with Gasteiger partial charge >= 0.3 is 6.03 Å². The zero-order chi connectivity index (χ0) is 17.9. The van der Waals surface area contributed by atoms with E-state index in [-0.39, 0.29) is 12.1 Å². The van der Waals surface area contributed by atoms with E-state index in [2.05, 4.69) is 15.6 Å². The van der Waals surface area contributed by atoms with Gasteiger partial charge in [-0.1, -0.05) is 36.4 Å². The van der Waals surface area contributed by atoms with Gasteiger partial charge in [0.2, 0.25) is 0 Å². The molecule has 3 aromatic rings. The molecule has 0 bridgehead atoms. The highest BCUT2D eigenvalue weighted by molar-refractivity contribution is 5.89. The molecule has 0 saturated heterocycles. The number of imidazole rings is 1. The van der Waals surface area contributed by atoms with Crippen LogP contribution < -0.4 is 10.6 Å². The molecule has 1 heterocycles. The Balaban J connectivity index is 1.38. The summed E-state index contributed by atoms with van der Waals surface area (Å²) in [4.78, 5) is 16.3. The summed E-state index contributed by atoms with van der Waals surface area (Å²) in [5, 5.41) is 15.9. The lowest BCUT2D eigenvalue weighted by atomic mass is 10.1. The van der Waals surface area contributed by atoms with Crippen molar-refractivity contribution in [2.45, 2.75) is 25.1 Å². The monoisotopic (exact) mass is 348 g/mol. The number of urea groups is 1. The van der Waals surface area contributed by atoms with E-state index in [1.807, 2.05) is 59.3 Å². The van der Waals surface area contributed by atoms with Gasteiger partial charge in [0.25, 0.3) is 0 Å². The Morgan fingerprint density at radius 3 is 2.77 bits per heavy atom. The van der Waals surface area contributed by atoms with Gasteiger partial charge in [0.05, 0.1) is 18.5 Å². The Morgan fingerprint density at radius 1 is 1.19 bits per heavy atom. The highest BCUT2D eigenvalue weighted by Crippen LogP contribution is 2.31. The first kappa shape index (κ1) is 16.4. The third-order valence-electron chi connectivity index (χ3n) is 4.63. The number of hydrogen-bond donors (Lipinski definition) is 3. The second kappa shape index (κ2) is 7.01. The normalized spacial score (nSPS) is 18.3. The van der Waals surface area contributed by atoms with Gasteiger partial charge in [-0.25, -0.2) is 9.78 Å². The summed E-state index contributed by atoms with van der Waals surface area (Å²) in [5.74, 6) is 0. The van der Waals surface area contributed by atoms with Gasteiger partial charge in [-0.3, -0.25) is 0 Å². The number of aromatic nitrogens is 2. The van der Waals surface area contributed by atoms with Crippen molar-refractivity contribution in [2.24, 2.45) is 0 Å². The number of hydrogen-bond acceptors (Lipinski definition) is 3. The Morgan fingerprint density at radius 2 is 2.00 bits per heavy atom. The lowest BCUT2D eigenvalue weighted by molar-refractivity contribution is 0.144. The van der Waals surface area contributed by atoms with Crippen LogP contribution in [0.2, 0.25) is 0 Å². The van der Waals surface area contributed by atoms with E-state index < -0.39 is 6.10 Å². The van der Waals surface area contributed by atoms with Crippen molar-refractivity contribution in [1.82, 2.24) is 14.9 Å². The van der Waals surface area contributed by atoms with Crippen molar-refractivity contribution in [2.75, 3.05) is 5.32 Å². The zero-order valence-corrected chi connectivity index (χ0v) is 14.2. The standard InChI is InChI=1S/C20H20N4O2/c25-18-11-15-3-1-2-4-17(15)19(18)23-20(26)22-16-7-5-14(6-8-16)12-24-10-9-21-13-24/h1-10,13,18-19,25H,11-12H2,(H2,22,23,26)/t18-,19-/m1/s1. The summed E-state index contributed by atoms with van der Waals surface area (Å²) in [7, 11) is 0. The summed E-state index contributed by atoms with van der Waals surface area (Å²) in [6.07, 6.45) is 5.38. The molecule has 6 heteroatoms. The molecule has 2 amide bonds. The van der Waals surface area contributed by atoms with E-state index in [9.17, 15) is 9.90 Å². The summed E-state index contributed by atoms with van der Waals surface area (Å²) < 4.78 is 1.98. The number of aliphatic hydroxyl groups excluding tert-OH is 1. The highest BCUT2D eigenvalue weighted by atomic mass is 16.3. The van der Waals surface area contributed by atoms with Crippen LogP contribution in [0.4, 0.5) is 10.5 Å². The van der Waals surface area contributed by atoms with Gasteiger partial charge in [0.1, 0.15) is 0 Å². The molecule has 0 unspecified atom stereocenters. The van der Waals surface area contributed by atoms with Gasteiger partial charge < -0.3 is 20.3 Å². The molecule has 26 heavy (non-hydrogen) atoms. The number of aliphatic hydroxyl groups is 1. The topological polar surface area (TPSA) is 79.2 Å². The molecule has 4 rings (SSSR count). The lowest BCUT2D eigenvalue weighted by Crippen LogP contribution is -2.36. The molecular formula is C20H20N4O2. The minimum Gasteiger partial charge on any atom is -0.390 e. The molecule has 6 nitrogen and oxygen atoms in total. The van der Waals surface area contributed by atoms with Crippen molar-refractivity contribution < 1.29 is 9.90 Å². The van der Waals surface area contributed by atoms with E-state index in [1.54, 1.807) is 12.5 Å². The summed E-state index contributed by atoms with van der Waals surface area (Å²) in [5.41, 5.74) is 3.88. The predicted molar refractivity (Wildman–Crippen MR) is 98.8 cm³/mol. The SMILES string of the molecule is O=C(Nc1ccc(Cn2ccnc2)cc1)N[C@@H]1c2ccccc2C[C@H]1O. The van der Waals surface area contributed by atoms with E-state index in [4.69, 9.17) is 0 Å². The van der Waals surface area contributed by atoms with Gasteiger partial charge in [0, 0.05) is 31.0 Å². The largest absolute Gasteiger partial charge is 0.390 e. The number of nitrogens with one attached hydrogen (secondary N) is 2. The second-order valence-electron chi connectivity index (χ2n) is 6.48. The smallest absolute Gasteiger partial charge is 0.319 e. The van der Waals surface area contributed by atoms with Gasteiger partial charge in [0.15, 0.2) is 0 Å². The number of fused-ring (bicyclic) bond motifs is 1. The van der Waals surface area contributed by atoms with E-state index in [0.717, 1.165) is 23.2 Å². The minimum absolute atomic E-state index is 0.326. The number of nitrogens with zero attached hydrogens (tertiary/aromatic N) is 2. The molecule has 1 aliphatic carbocycles. The maximum atomic E-state index is 12.3. The Hall–Kier alpha value is -3.12. The van der Waals surface area contributed by atoms with Crippen molar-refractivity contribution in [3.63, 3.8) is 0 Å². The molecule has 1 aliphatic rings. The Labute approximate surface area is 151 Å². The van der Waals surface area contributed by atoms with Crippen LogP contribution >= 0.6 is 0 Å². The van der Waals surface area contributed by atoms with E-state index >= 15 is 0 Å². The van der Waals surface area contributed by atoms with Crippen LogP contribution in [0, 0.1) is 0 Å². The predicted octanol–water partition coefficient (Wildman–Crippen LogP) is 2.71. The molecule has 0 fully saturated rings. The zero-order valence-electron chi connectivity index (χ0n) is 14.2. The first-order valence-corrected chi connectivity index (χ1v) is 8.57. The fraction of sp³-hybridized carbons (Fsp3) is 0.200. The molecule has 1 aromatic heterocycles. The molecule has 0 aliphatic heterocycles. The van der Waals surface area contributed by atoms with Crippen molar-refractivity contribution in [3.8, 4) is 0 Å². The maximum Gasteiger partial charge on any atom is 0.319 e. The molecule has 0 spiro atoms. The van der Waals surface area contributed by atoms with Crippen LogP contribution in [0.5, 0.6) is 0 Å². The average molecular weight is 348 g/mol. The van der Waals surface area contributed by atoms with E-state index in [0.29, 0.717) is 12.1 Å². The number of carbonyl (C=O) groups excluding carboxylic acids is 1. The third kappa shape index (κ3) is 3.45. The second-order valence-corrected chi connectivity index (χ2v) is 6.48. The number of benzene rings is 2. The Bertz CT molecular complexity index is 890. The summed E-state index contributed by atoms with van der Waals surface area (Å²) in [6, 6.07) is 14.8. The third-order valence-corrected chi connectivity index (χ3v) is 4.63. The maximum absolute atomic E-state index is 12.3. The van der Waals surface area contributed by atoms with E-state index in [1.165, 1.54) is 0 Å². The molecular weight excluding hydrogens is 328 g/mol. The molecule has 132 valence electrons. The molecule has 0 radical (unpaired) electrons. The van der Waals surface area contributed by atoms with Crippen molar-refractivity contribution in [1.29, 1.82) is 0 Å². The molecule has 3 N–H and O–H groups in total. The van der Waals surface area contributed by atoms with Crippen molar-refractivity contribution in [3.05, 3.63) is 83.9 Å². The van der Waals surface area contributed by atoms with Crippen LogP contribution in [0.15, 0.2) is 67.3 Å². The van der Waals surface area contributed by atoms with Crippen LogP contribution in [-0.2, 0) is 13.0 Å². The van der Waals surface area contributed by atoms with Gasteiger partial charge in [-0.15, -0.1) is 0 Å². The van der Waals surface area contributed by atoms with Crippen molar-refractivity contribution >= 4 is 11.7 Å². The van der Waals surface area contributed by atoms with Crippen LogP contribution in [0.1, 0.15) is 22.7 Å². The number of amides is 2. The number of carbonyl (C=O) groups is 1. The summed E-state index contributed by atoms with van der Waals surface area (Å²) in [6.45, 7) is 0.734. The van der Waals surface area contributed by atoms with Crippen LogP contribution in [-0.4, -0.2) is 26.8 Å². The molecule has 2 atom stereocenters. The number of anilines is 1. The first-order valence-electron chi connectivity index (χ1n) is 8.57. The quantitative estimate of drug-likeness (QED) is 0.678. The molecule has 2 aromatic carbocycles. The average Bonchev–Trinajstić information content (AvgIpc) is 3.25. The summed E-state index contributed by atoms with van der Waals surface area (Å²) >= 11 is 0. The van der Waals surface area contributed by atoms with Crippen LogP contribution in [0.25, 0.3) is 0 Å². The fourth-order valence-electron chi connectivity index (χ4n) is 3.34. The first-order chi connectivity index (χ1) is 12.7. The lowest BCUT2D eigenvalue weighted by Gasteiger charge is -2.18. The minimum atomic E-state index is -0.601. The molecule has 0 saturated carbocycles. The van der Waals surface area contributed by atoms with Gasteiger partial charge in [-0.05, 0) is 28.8 Å².